The number of anilines is 1. The van der Waals surface area contributed by atoms with E-state index in [-0.39, 0.29) is 11.3 Å². The summed E-state index contributed by atoms with van der Waals surface area (Å²) in [6.45, 7) is 7.86. The molecule has 0 saturated carbocycles. The fourth-order valence-electron chi connectivity index (χ4n) is 3.93. The monoisotopic (exact) mass is 506 g/mol. The van der Waals surface area contributed by atoms with Crippen molar-refractivity contribution >= 4 is 63.9 Å². The number of amidine groups is 1. The fourth-order valence-corrected chi connectivity index (χ4v) is 4.49. The Bertz CT molecular complexity index is 1140. The van der Waals surface area contributed by atoms with Crippen molar-refractivity contribution in [3.05, 3.63) is 51.4 Å². The highest BCUT2D eigenvalue weighted by Gasteiger charge is 2.35. The number of unbranched alkanes of at least 4 members (excludes halogenated alkanes) is 1. The van der Waals surface area contributed by atoms with Crippen molar-refractivity contribution in [1.82, 2.24) is 14.9 Å². The molecule has 0 unspecified atom stereocenters. The fraction of sp³-hybridized carbons (Fsp3) is 0.391. The van der Waals surface area contributed by atoms with E-state index in [4.69, 9.17) is 34.8 Å². The van der Waals surface area contributed by atoms with Crippen LogP contribution in [0.3, 0.4) is 0 Å². The molecule has 2 amide bonds. The molecule has 0 fully saturated rings. The molecule has 2 aliphatic rings. The van der Waals surface area contributed by atoms with Gasteiger partial charge in [0.25, 0.3) is 0 Å². The van der Waals surface area contributed by atoms with E-state index < -0.39 is 0 Å². The molecule has 1 aromatic heterocycles. The van der Waals surface area contributed by atoms with Gasteiger partial charge in [-0.3, -0.25) is 14.8 Å². The highest BCUT2D eigenvalue weighted by Crippen LogP contribution is 2.35. The molecule has 1 N–H and O–H groups in total. The van der Waals surface area contributed by atoms with Gasteiger partial charge in [-0.05, 0) is 42.5 Å². The first-order valence-electron chi connectivity index (χ1n) is 11.0. The zero-order chi connectivity index (χ0) is 23.5. The molecule has 0 atom stereocenters. The summed E-state index contributed by atoms with van der Waals surface area (Å²) in [5.41, 5.74) is 3.18. The maximum atomic E-state index is 13.2. The van der Waals surface area contributed by atoms with Gasteiger partial charge in [-0.15, -0.1) is 0 Å². The number of amides is 2. The van der Waals surface area contributed by atoms with Crippen LogP contribution in [0.15, 0.2) is 34.8 Å². The van der Waals surface area contributed by atoms with Gasteiger partial charge in [0.15, 0.2) is 5.82 Å². The molecule has 0 spiro atoms. The number of H-pyrrole nitrogens is 1. The minimum absolute atomic E-state index is 0.120. The Morgan fingerprint density at radius 3 is 2.73 bits per heavy atom. The maximum Gasteiger partial charge on any atom is 0.330 e. The van der Waals surface area contributed by atoms with Crippen molar-refractivity contribution in [3.63, 3.8) is 0 Å². The number of fused-ring (bicyclic) bond motifs is 1. The van der Waals surface area contributed by atoms with Gasteiger partial charge in [0.1, 0.15) is 11.5 Å². The molecule has 2 aliphatic heterocycles. The van der Waals surface area contributed by atoms with E-state index in [1.807, 2.05) is 12.1 Å². The third-order valence-corrected chi connectivity index (χ3v) is 6.72. The smallest absolute Gasteiger partial charge is 0.326 e. The number of carbonyl (C=O) groups excluding carboxylic acids is 1. The number of halogens is 3. The maximum absolute atomic E-state index is 13.2. The Balaban J connectivity index is 1.37. The zero-order valence-corrected chi connectivity index (χ0v) is 20.6. The first-order valence-corrected chi connectivity index (χ1v) is 12.1. The lowest BCUT2D eigenvalue weighted by Gasteiger charge is -2.35. The number of aromatic amines is 1. The molecule has 0 aliphatic carbocycles. The molecule has 2 aromatic rings. The van der Waals surface area contributed by atoms with Crippen LogP contribution in [0.25, 0.3) is 5.70 Å². The third kappa shape index (κ3) is 5.10. The third-order valence-electron chi connectivity index (χ3n) is 5.68. The molecular formula is C23H25Cl3N6O. The number of nitrogens with one attached hydrogen (secondary N) is 1. The van der Waals surface area contributed by atoms with E-state index in [0.29, 0.717) is 53.3 Å². The van der Waals surface area contributed by atoms with Crippen LogP contribution >= 0.6 is 34.8 Å². The summed E-state index contributed by atoms with van der Waals surface area (Å²) in [7, 11) is 0. The van der Waals surface area contributed by atoms with E-state index in [2.05, 4.69) is 33.5 Å². The highest BCUT2D eigenvalue weighted by atomic mass is 35.5. The normalized spacial score (nSPS) is 15.8. The molecule has 174 valence electrons. The van der Waals surface area contributed by atoms with Crippen LogP contribution in [0, 0.1) is 0 Å². The van der Waals surface area contributed by atoms with E-state index in [1.165, 1.54) is 0 Å². The number of aliphatic imine (C=N–C) groups is 2. The Morgan fingerprint density at radius 1 is 1.15 bits per heavy atom. The van der Waals surface area contributed by atoms with Crippen molar-refractivity contribution in [2.75, 3.05) is 24.5 Å². The van der Waals surface area contributed by atoms with Crippen molar-refractivity contribution < 1.29 is 4.79 Å². The molecule has 1 aromatic carbocycles. The molecule has 7 nitrogen and oxygen atoms in total. The zero-order valence-electron chi connectivity index (χ0n) is 18.4. The van der Waals surface area contributed by atoms with E-state index in [1.54, 1.807) is 15.9 Å². The number of carbonyl (C=O) groups is 1. The van der Waals surface area contributed by atoms with Crippen LogP contribution in [-0.2, 0) is 6.42 Å². The van der Waals surface area contributed by atoms with Crippen LogP contribution in [-0.4, -0.2) is 52.1 Å². The predicted octanol–water partition coefficient (Wildman–Crippen LogP) is 6.26. The first kappa shape index (κ1) is 23.8. The lowest BCUT2D eigenvalue weighted by molar-refractivity contribution is 0.222. The first-order chi connectivity index (χ1) is 15.9. The Labute approximate surface area is 208 Å². The quantitative estimate of drug-likeness (QED) is 0.435. The number of hydrogen-bond acceptors (Lipinski definition) is 4. The van der Waals surface area contributed by atoms with Crippen molar-refractivity contribution in [1.29, 1.82) is 0 Å². The van der Waals surface area contributed by atoms with E-state index >= 15 is 0 Å². The van der Waals surface area contributed by atoms with Crippen LogP contribution in [0.1, 0.15) is 43.9 Å². The number of aromatic nitrogens is 2. The number of nitrogens with zero attached hydrogens (tertiary/aromatic N) is 5. The molecule has 4 rings (SSSR count). The SMILES string of the molecule is C=C1c2[nH]c(Cl)nc2N(CCCC)C(=O)N1CCCC1=NC(Cc2cccc(Cl)c2Cl)=NC1. The number of benzene rings is 1. The number of urea groups is 1. The second-order valence-electron chi connectivity index (χ2n) is 8.02. The van der Waals surface area contributed by atoms with Crippen LogP contribution in [0.4, 0.5) is 10.6 Å². The standard InChI is InChI=1S/C23H25Cl3N6O/c1-3-4-10-32-21-20(29-22(26)30-21)14(2)31(23(32)33)11-6-8-16-13-27-18(28-16)12-15-7-5-9-17(24)19(15)25/h5,7,9H,2-4,6,8,10-13H2,1H3,(H,29,30). The van der Waals surface area contributed by atoms with E-state index in [0.717, 1.165) is 42.8 Å². The summed E-state index contributed by atoms with van der Waals surface area (Å²) < 4.78 is 0. The summed E-state index contributed by atoms with van der Waals surface area (Å²) in [5.74, 6) is 1.30. The second kappa shape index (κ2) is 10.3. The van der Waals surface area contributed by atoms with Gasteiger partial charge in [0.05, 0.1) is 22.3 Å². The van der Waals surface area contributed by atoms with Gasteiger partial charge in [-0.2, -0.15) is 4.98 Å². The topological polar surface area (TPSA) is 77.0 Å². The van der Waals surface area contributed by atoms with Gasteiger partial charge in [-0.25, -0.2) is 9.79 Å². The number of hydrogen-bond donors (Lipinski definition) is 1. The number of imidazole rings is 1. The second-order valence-corrected chi connectivity index (χ2v) is 9.16. The molecule has 10 heteroatoms. The van der Waals surface area contributed by atoms with Crippen LogP contribution in [0.2, 0.25) is 15.3 Å². The van der Waals surface area contributed by atoms with Crippen molar-refractivity contribution in [2.45, 2.75) is 39.0 Å². The molecule has 0 radical (unpaired) electrons. The lowest BCUT2D eigenvalue weighted by atomic mass is 10.1. The molecule has 0 bridgehead atoms. The van der Waals surface area contributed by atoms with Crippen LogP contribution in [0.5, 0.6) is 0 Å². The minimum atomic E-state index is -0.120. The predicted molar refractivity (Wildman–Crippen MR) is 136 cm³/mol. The van der Waals surface area contributed by atoms with Gasteiger partial charge in [0, 0.05) is 25.2 Å². The Kier molecular flexibility index (Phi) is 7.41. The average Bonchev–Trinajstić information content (AvgIpc) is 3.40. The Hall–Kier alpha value is -2.35. The minimum Gasteiger partial charge on any atom is -0.326 e. The largest absolute Gasteiger partial charge is 0.330 e. The highest BCUT2D eigenvalue weighted by molar-refractivity contribution is 6.42. The summed E-state index contributed by atoms with van der Waals surface area (Å²) in [6.07, 6.45) is 3.87. The van der Waals surface area contributed by atoms with Gasteiger partial charge < -0.3 is 4.98 Å². The number of rotatable bonds is 9. The van der Waals surface area contributed by atoms with Gasteiger partial charge >= 0.3 is 6.03 Å². The average molecular weight is 508 g/mol. The molecular weight excluding hydrogens is 483 g/mol. The molecule has 33 heavy (non-hydrogen) atoms. The summed E-state index contributed by atoms with van der Waals surface area (Å²) >= 11 is 18.5. The van der Waals surface area contributed by atoms with Gasteiger partial charge in [0.2, 0.25) is 5.28 Å². The Morgan fingerprint density at radius 2 is 1.94 bits per heavy atom. The van der Waals surface area contributed by atoms with Crippen molar-refractivity contribution in [2.24, 2.45) is 9.98 Å². The lowest BCUT2D eigenvalue weighted by Crippen LogP contribution is -2.47. The summed E-state index contributed by atoms with van der Waals surface area (Å²) in [5, 5.41) is 1.32. The molecule has 3 heterocycles. The van der Waals surface area contributed by atoms with Crippen LogP contribution < -0.4 is 4.90 Å². The van der Waals surface area contributed by atoms with Gasteiger partial charge in [-0.1, -0.05) is 55.3 Å². The summed E-state index contributed by atoms with van der Waals surface area (Å²) in [4.78, 5) is 33.1. The summed E-state index contributed by atoms with van der Waals surface area (Å²) in [6, 6.07) is 5.44. The van der Waals surface area contributed by atoms with Crippen molar-refractivity contribution in [3.8, 4) is 0 Å². The molecule has 0 saturated heterocycles. The van der Waals surface area contributed by atoms with E-state index in [9.17, 15) is 4.79 Å².